The van der Waals surface area contributed by atoms with Crippen LogP contribution in [0.2, 0.25) is 0 Å². The number of ether oxygens (including phenoxy) is 1. The summed E-state index contributed by atoms with van der Waals surface area (Å²) < 4.78 is 6.60. The van der Waals surface area contributed by atoms with Crippen molar-refractivity contribution in [1.82, 2.24) is 9.80 Å². The van der Waals surface area contributed by atoms with Crippen LogP contribution >= 0.6 is 24.8 Å². The second-order valence-electron chi connectivity index (χ2n) is 10.2. The van der Waals surface area contributed by atoms with Crippen LogP contribution in [-0.2, 0) is 15.1 Å². The summed E-state index contributed by atoms with van der Waals surface area (Å²) >= 11 is 0. The minimum Gasteiger partial charge on any atom is -0.450 e. The molecular weight excluding hydrogens is 491 g/mol. The lowest BCUT2D eigenvalue weighted by molar-refractivity contribution is -0.197. The van der Waals surface area contributed by atoms with Crippen LogP contribution < -0.4 is 0 Å². The third-order valence-corrected chi connectivity index (χ3v) is 7.29. The van der Waals surface area contributed by atoms with E-state index in [1.807, 2.05) is 42.5 Å². The number of carbonyl (C=O) groups is 1. The zero-order valence-electron chi connectivity index (χ0n) is 22.5. The van der Waals surface area contributed by atoms with Crippen molar-refractivity contribution in [1.29, 1.82) is 0 Å². The second kappa shape index (κ2) is 14.8. The third-order valence-electron chi connectivity index (χ3n) is 7.29. The Balaban J connectivity index is 0.00000324. The van der Waals surface area contributed by atoms with Crippen LogP contribution in [-0.4, -0.2) is 55.0 Å². The standard InChI is InChI=1S/C30H42N2O2.2ClH/c1-6-20-32(21-7-2)24-29(4)23-31(5)25(3)22-30(29,27-16-12-9-13-17-27)34-28(33)19-18-26-14-10-8-11-15-26;;/h8-19,25H,6-7,20-24H2,1-5H3;2*1H/b19-18+;;. The molecule has 0 N–H and O–H groups in total. The normalized spacial score (nSPS) is 24.2. The number of rotatable bonds is 10. The Hall–Kier alpha value is -1.85. The summed E-state index contributed by atoms with van der Waals surface area (Å²) in [6, 6.07) is 20.6. The van der Waals surface area contributed by atoms with E-state index >= 15 is 0 Å². The van der Waals surface area contributed by atoms with Gasteiger partial charge < -0.3 is 14.5 Å². The van der Waals surface area contributed by atoms with Gasteiger partial charge in [0, 0.05) is 37.0 Å². The summed E-state index contributed by atoms with van der Waals surface area (Å²) in [5.74, 6) is -0.284. The highest BCUT2D eigenvalue weighted by Crippen LogP contribution is 2.51. The molecule has 0 radical (unpaired) electrons. The molecule has 0 saturated carbocycles. The molecule has 0 spiro atoms. The first kappa shape index (κ1) is 32.2. The molecule has 1 heterocycles. The van der Waals surface area contributed by atoms with Crippen LogP contribution in [0, 0.1) is 5.41 Å². The Labute approximate surface area is 230 Å². The molecule has 3 unspecified atom stereocenters. The molecule has 2 aromatic rings. The number of hydrogen-bond donors (Lipinski definition) is 0. The minimum absolute atomic E-state index is 0. The molecule has 2 aromatic carbocycles. The Kier molecular flexibility index (Phi) is 13.2. The highest BCUT2D eigenvalue weighted by molar-refractivity contribution is 5.87. The molecule has 1 saturated heterocycles. The molecule has 36 heavy (non-hydrogen) atoms. The van der Waals surface area contributed by atoms with E-state index < -0.39 is 5.60 Å². The Morgan fingerprint density at radius 2 is 1.58 bits per heavy atom. The zero-order chi connectivity index (χ0) is 24.6. The summed E-state index contributed by atoms with van der Waals surface area (Å²) in [7, 11) is 2.19. The van der Waals surface area contributed by atoms with Gasteiger partial charge in [0.2, 0.25) is 0 Å². The number of benzene rings is 2. The maximum absolute atomic E-state index is 13.3. The first-order chi connectivity index (χ1) is 16.3. The largest absolute Gasteiger partial charge is 0.450 e. The van der Waals surface area contributed by atoms with Gasteiger partial charge in [-0.2, -0.15) is 0 Å². The highest BCUT2D eigenvalue weighted by Gasteiger charge is 2.57. The Morgan fingerprint density at radius 1 is 1.03 bits per heavy atom. The van der Waals surface area contributed by atoms with Gasteiger partial charge in [-0.25, -0.2) is 4.79 Å². The van der Waals surface area contributed by atoms with E-state index in [0.29, 0.717) is 6.04 Å². The fourth-order valence-corrected chi connectivity index (χ4v) is 5.56. The third kappa shape index (κ3) is 7.58. The van der Waals surface area contributed by atoms with Gasteiger partial charge in [-0.15, -0.1) is 24.8 Å². The molecule has 0 aromatic heterocycles. The van der Waals surface area contributed by atoms with E-state index in [-0.39, 0.29) is 36.2 Å². The summed E-state index contributed by atoms with van der Waals surface area (Å²) in [4.78, 5) is 18.3. The predicted molar refractivity (Wildman–Crippen MR) is 156 cm³/mol. The van der Waals surface area contributed by atoms with E-state index in [4.69, 9.17) is 4.74 Å². The fourth-order valence-electron chi connectivity index (χ4n) is 5.56. The first-order valence-electron chi connectivity index (χ1n) is 12.8. The molecule has 0 amide bonds. The average molecular weight is 536 g/mol. The number of piperidine rings is 1. The lowest BCUT2D eigenvalue weighted by Gasteiger charge is -2.57. The monoisotopic (exact) mass is 534 g/mol. The number of nitrogens with zero attached hydrogens (tertiary/aromatic N) is 2. The molecule has 6 heteroatoms. The molecule has 0 aliphatic carbocycles. The fraction of sp³-hybridized carbons (Fsp3) is 0.500. The van der Waals surface area contributed by atoms with Crippen LogP contribution in [0.5, 0.6) is 0 Å². The van der Waals surface area contributed by atoms with Crippen LogP contribution in [0.1, 0.15) is 58.1 Å². The van der Waals surface area contributed by atoms with Crippen LogP contribution in [0.4, 0.5) is 0 Å². The van der Waals surface area contributed by atoms with Crippen molar-refractivity contribution < 1.29 is 9.53 Å². The number of halogens is 2. The van der Waals surface area contributed by atoms with Crippen molar-refractivity contribution in [2.75, 3.05) is 33.2 Å². The topological polar surface area (TPSA) is 32.8 Å². The van der Waals surface area contributed by atoms with E-state index in [2.05, 4.69) is 68.8 Å². The highest BCUT2D eigenvalue weighted by atomic mass is 35.5. The van der Waals surface area contributed by atoms with Gasteiger partial charge in [-0.05, 0) is 57.1 Å². The van der Waals surface area contributed by atoms with Gasteiger partial charge in [-0.1, -0.05) is 81.4 Å². The van der Waals surface area contributed by atoms with Gasteiger partial charge in [0.15, 0.2) is 0 Å². The summed E-state index contributed by atoms with van der Waals surface area (Å²) in [5.41, 5.74) is 1.10. The van der Waals surface area contributed by atoms with E-state index in [1.165, 1.54) is 0 Å². The number of carbonyl (C=O) groups excluding carboxylic acids is 1. The maximum Gasteiger partial charge on any atom is 0.331 e. The lowest BCUT2D eigenvalue weighted by Crippen LogP contribution is -2.63. The molecular formula is C30H44Cl2N2O2. The number of hydrogen-bond acceptors (Lipinski definition) is 4. The van der Waals surface area contributed by atoms with Crippen molar-refractivity contribution in [3.63, 3.8) is 0 Å². The molecule has 3 rings (SSSR count). The van der Waals surface area contributed by atoms with Gasteiger partial charge in [-0.3, -0.25) is 0 Å². The van der Waals surface area contributed by atoms with Crippen molar-refractivity contribution in [3.8, 4) is 0 Å². The van der Waals surface area contributed by atoms with E-state index in [0.717, 1.165) is 56.6 Å². The van der Waals surface area contributed by atoms with Crippen LogP contribution in [0.15, 0.2) is 66.7 Å². The average Bonchev–Trinajstić information content (AvgIpc) is 2.83. The van der Waals surface area contributed by atoms with E-state index in [9.17, 15) is 4.79 Å². The molecule has 1 fully saturated rings. The van der Waals surface area contributed by atoms with Crippen LogP contribution in [0.25, 0.3) is 6.08 Å². The zero-order valence-corrected chi connectivity index (χ0v) is 24.1. The molecule has 0 bridgehead atoms. The van der Waals surface area contributed by atoms with Gasteiger partial charge in [0.1, 0.15) is 5.60 Å². The Bertz CT molecular complexity index is 934. The van der Waals surface area contributed by atoms with E-state index in [1.54, 1.807) is 6.08 Å². The summed E-state index contributed by atoms with van der Waals surface area (Å²) in [6.07, 6.45) is 6.41. The molecule has 3 atom stereocenters. The van der Waals surface area contributed by atoms with Gasteiger partial charge in [0.25, 0.3) is 0 Å². The second-order valence-corrected chi connectivity index (χ2v) is 10.2. The first-order valence-corrected chi connectivity index (χ1v) is 12.8. The van der Waals surface area contributed by atoms with Crippen molar-refractivity contribution in [3.05, 3.63) is 77.9 Å². The van der Waals surface area contributed by atoms with Gasteiger partial charge in [0.05, 0.1) is 0 Å². The lowest BCUT2D eigenvalue weighted by atomic mass is 9.63. The minimum atomic E-state index is -0.710. The number of esters is 1. The maximum atomic E-state index is 13.3. The molecule has 200 valence electrons. The van der Waals surface area contributed by atoms with Crippen molar-refractivity contribution in [2.45, 2.75) is 58.6 Å². The Morgan fingerprint density at radius 3 is 2.14 bits per heavy atom. The molecule has 4 nitrogen and oxygen atoms in total. The summed E-state index contributed by atoms with van der Waals surface area (Å²) in [5, 5.41) is 0. The van der Waals surface area contributed by atoms with Gasteiger partial charge >= 0.3 is 5.97 Å². The number of likely N-dealkylation sites (tertiary alicyclic amines) is 1. The van der Waals surface area contributed by atoms with Crippen molar-refractivity contribution in [2.24, 2.45) is 5.41 Å². The smallest absolute Gasteiger partial charge is 0.331 e. The van der Waals surface area contributed by atoms with Crippen molar-refractivity contribution >= 4 is 36.9 Å². The summed E-state index contributed by atoms with van der Waals surface area (Å²) in [6.45, 7) is 12.9. The predicted octanol–water partition coefficient (Wildman–Crippen LogP) is 6.83. The SMILES string of the molecule is CCCN(CCC)CC1(C)CN(C)C(C)CC1(OC(=O)/C=C/c1ccccc1)c1ccccc1.Cl.Cl. The molecule has 1 aliphatic heterocycles. The quantitative estimate of drug-likeness (QED) is 0.247. The molecule has 1 aliphatic rings. The van der Waals surface area contributed by atoms with Crippen LogP contribution in [0.3, 0.4) is 0 Å².